The maximum Gasteiger partial charge on any atom is 0.332 e. The molecule has 2 heterocycles. The van der Waals surface area contributed by atoms with Gasteiger partial charge in [0.2, 0.25) is 5.91 Å². The van der Waals surface area contributed by atoms with Crippen molar-refractivity contribution in [1.29, 1.82) is 0 Å². The molecule has 0 atom stereocenters. The van der Waals surface area contributed by atoms with Gasteiger partial charge in [0.1, 0.15) is 6.54 Å². The number of hydrogen-bond acceptors (Lipinski definition) is 5. The van der Waals surface area contributed by atoms with Crippen molar-refractivity contribution in [2.24, 2.45) is 0 Å². The number of likely N-dealkylation sites (tertiary alicyclic amines) is 1. The molecule has 2 aliphatic rings. The zero-order chi connectivity index (χ0) is 22.0. The van der Waals surface area contributed by atoms with E-state index in [0.29, 0.717) is 37.2 Å². The molecule has 9 heteroatoms. The van der Waals surface area contributed by atoms with Gasteiger partial charge in [0.05, 0.1) is 17.0 Å². The number of nitro groups is 1. The molecule has 160 valence electrons. The number of anilines is 1. The van der Waals surface area contributed by atoms with E-state index in [1.54, 1.807) is 52.3 Å². The van der Waals surface area contributed by atoms with Gasteiger partial charge in [-0.3, -0.25) is 19.7 Å². The van der Waals surface area contributed by atoms with Gasteiger partial charge in [-0.15, -0.1) is 0 Å². The van der Waals surface area contributed by atoms with Gasteiger partial charge in [-0.25, -0.2) is 9.69 Å². The Hall–Kier alpha value is -3.75. The first-order valence-corrected chi connectivity index (χ1v) is 10.1. The third-order valence-corrected chi connectivity index (χ3v) is 5.79. The van der Waals surface area contributed by atoms with Crippen molar-refractivity contribution in [3.8, 4) is 0 Å². The fraction of sp³-hybridized carbons (Fsp3) is 0.318. The van der Waals surface area contributed by atoms with Crippen molar-refractivity contribution in [2.75, 3.05) is 24.5 Å². The average molecular weight is 422 g/mol. The maximum absolute atomic E-state index is 12.9. The minimum absolute atomic E-state index is 0.0303. The second-order valence-electron chi connectivity index (χ2n) is 7.65. The fourth-order valence-electron chi connectivity index (χ4n) is 4.18. The lowest BCUT2D eigenvalue weighted by molar-refractivity contribution is -0.385. The molecule has 2 saturated heterocycles. The quantitative estimate of drug-likeness (QED) is 0.419. The van der Waals surface area contributed by atoms with Crippen LogP contribution in [0.1, 0.15) is 18.4 Å². The molecular formula is C22H22N4O5. The molecule has 0 saturated carbocycles. The summed E-state index contributed by atoms with van der Waals surface area (Å²) in [5, 5.41) is 11.2. The molecule has 2 aromatic carbocycles. The molecule has 2 aromatic rings. The molecule has 31 heavy (non-hydrogen) atoms. The Bertz CT molecular complexity index is 1020. The zero-order valence-electron chi connectivity index (χ0n) is 16.8. The van der Waals surface area contributed by atoms with Crippen LogP contribution < -0.4 is 4.90 Å². The molecule has 0 spiro atoms. The summed E-state index contributed by atoms with van der Waals surface area (Å²) in [7, 11) is 0. The SMILES string of the molecule is O=C(Cc1ccccc1[N+](=O)[O-])N1CCC(N2CC(=O)N(c3ccccc3)C2=O)CC1. The van der Waals surface area contributed by atoms with E-state index in [1.165, 1.54) is 11.0 Å². The van der Waals surface area contributed by atoms with Crippen LogP contribution in [0.3, 0.4) is 0 Å². The van der Waals surface area contributed by atoms with Crippen molar-refractivity contribution in [1.82, 2.24) is 9.80 Å². The van der Waals surface area contributed by atoms with Crippen LogP contribution >= 0.6 is 0 Å². The lowest BCUT2D eigenvalue weighted by Crippen LogP contribution is -2.48. The molecular weight excluding hydrogens is 400 g/mol. The Labute approximate surface area is 179 Å². The van der Waals surface area contributed by atoms with Crippen molar-refractivity contribution >= 4 is 29.2 Å². The number of urea groups is 1. The number of rotatable bonds is 5. The largest absolute Gasteiger partial charge is 0.342 e. The highest BCUT2D eigenvalue weighted by Gasteiger charge is 2.41. The van der Waals surface area contributed by atoms with E-state index in [1.807, 2.05) is 6.07 Å². The van der Waals surface area contributed by atoms with Crippen molar-refractivity contribution < 1.29 is 19.3 Å². The van der Waals surface area contributed by atoms with Gasteiger partial charge in [-0.2, -0.15) is 0 Å². The highest BCUT2D eigenvalue weighted by atomic mass is 16.6. The normalized spacial score (nSPS) is 17.4. The fourth-order valence-corrected chi connectivity index (χ4v) is 4.18. The standard InChI is InChI=1S/C22H22N4O5/c27-20(14-16-6-4-5-9-19(16)26(30)31)23-12-10-17(11-13-23)24-15-21(28)25(22(24)29)18-7-2-1-3-8-18/h1-9,17H,10-15H2. The molecule has 0 unspecified atom stereocenters. The van der Waals surface area contributed by atoms with Gasteiger partial charge >= 0.3 is 6.03 Å². The summed E-state index contributed by atoms with van der Waals surface area (Å²) >= 11 is 0. The number of para-hydroxylation sites is 2. The van der Waals surface area contributed by atoms with E-state index in [9.17, 15) is 24.5 Å². The lowest BCUT2D eigenvalue weighted by atomic mass is 10.0. The minimum atomic E-state index is -0.483. The smallest absolute Gasteiger partial charge is 0.332 e. The number of benzene rings is 2. The summed E-state index contributed by atoms with van der Waals surface area (Å²) in [6.45, 7) is 0.906. The number of amides is 4. The van der Waals surface area contributed by atoms with Crippen LogP contribution in [-0.4, -0.2) is 58.2 Å². The molecule has 4 amide bonds. The number of carbonyl (C=O) groups is 3. The van der Waals surface area contributed by atoms with Crippen LogP contribution in [-0.2, 0) is 16.0 Å². The molecule has 0 radical (unpaired) electrons. The first-order valence-electron chi connectivity index (χ1n) is 10.1. The number of piperidine rings is 1. The number of nitrogens with zero attached hydrogens (tertiary/aromatic N) is 4. The van der Waals surface area contributed by atoms with Crippen molar-refractivity contribution in [2.45, 2.75) is 25.3 Å². The Morgan fingerprint density at radius 2 is 1.65 bits per heavy atom. The third kappa shape index (κ3) is 4.11. The molecule has 0 N–H and O–H groups in total. The first kappa shape index (κ1) is 20.5. The molecule has 2 aliphatic heterocycles. The van der Waals surface area contributed by atoms with E-state index >= 15 is 0 Å². The second kappa shape index (κ2) is 8.55. The predicted molar refractivity (Wildman–Crippen MR) is 112 cm³/mol. The summed E-state index contributed by atoms with van der Waals surface area (Å²) in [4.78, 5) is 53.1. The van der Waals surface area contributed by atoms with E-state index in [-0.39, 0.29) is 42.5 Å². The van der Waals surface area contributed by atoms with Gasteiger partial charge in [0.15, 0.2) is 0 Å². The first-order chi connectivity index (χ1) is 15.0. The van der Waals surface area contributed by atoms with E-state index in [2.05, 4.69) is 0 Å². The van der Waals surface area contributed by atoms with Crippen LogP contribution in [0.25, 0.3) is 0 Å². The van der Waals surface area contributed by atoms with Gasteiger partial charge in [-0.1, -0.05) is 36.4 Å². The van der Waals surface area contributed by atoms with Gasteiger partial charge in [-0.05, 0) is 25.0 Å². The Balaban J connectivity index is 1.37. The van der Waals surface area contributed by atoms with Crippen molar-refractivity contribution in [3.05, 3.63) is 70.3 Å². The van der Waals surface area contributed by atoms with Crippen LogP contribution in [0.15, 0.2) is 54.6 Å². The summed E-state index contributed by atoms with van der Waals surface area (Å²) < 4.78 is 0. The van der Waals surface area contributed by atoms with Crippen LogP contribution in [0.4, 0.5) is 16.2 Å². The molecule has 9 nitrogen and oxygen atoms in total. The maximum atomic E-state index is 12.9. The molecule has 0 aliphatic carbocycles. The zero-order valence-corrected chi connectivity index (χ0v) is 16.8. The minimum Gasteiger partial charge on any atom is -0.342 e. The molecule has 2 fully saturated rings. The summed E-state index contributed by atoms with van der Waals surface area (Å²) in [5.41, 5.74) is 0.878. The topological polar surface area (TPSA) is 104 Å². The van der Waals surface area contributed by atoms with E-state index in [4.69, 9.17) is 0 Å². The van der Waals surface area contributed by atoms with E-state index in [0.717, 1.165) is 0 Å². The highest BCUT2D eigenvalue weighted by molar-refractivity contribution is 6.19. The molecule has 4 rings (SSSR count). The van der Waals surface area contributed by atoms with Gasteiger partial charge in [0, 0.05) is 30.8 Å². The number of carbonyl (C=O) groups excluding carboxylic acids is 3. The van der Waals surface area contributed by atoms with Crippen LogP contribution in [0.2, 0.25) is 0 Å². The number of imide groups is 1. The Morgan fingerprint density at radius 1 is 1.00 bits per heavy atom. The highest BCUT2D eigenvalue weighted by Crippen LogP contribution is 2.27. The van der Waals surface area contributed by atoms with Gasteiger partial charge in [0.25, 0.3) is 11.6 Å². The Morgan fingerprint density at radius 3 is 2.32 bits per heavy atom. The number of hydrogen-bond donors (Lipinski definition) is 0. The lowest BCUT2D eigenvalue weighted by Gasteiger charge is -2.36. The second-order valence-corrected chi connectivity index (χ2v) is 7.65. The van der Waals surface area contributed by atoms with Gasteiger partial charge < -0.3 is 9.80 Å². The van der Waals surface area contributed by atoms with Crippen molar-refractivity contribution in [3.63, 3.8) is 0 Å². The molecule has 0 aromatic heterocycles. The predicted octanol–water partition coefficient (Wildman–Crippen LogP) is 2.60. The van der Waals surface area contributed by atoms with E-state index < -0.39 is 4.92 Å². The van der Waals surface area contributed by atoms with Crippen LogP contribution in [0.5, 0.6) is 0 Å². The molecule has 0 bridgehead atoms. The summed E-state index contributed by atoms with van der Waals surface area (Å²) in [5.74, 6) is -0.436. The Kier molecular flexibility index (Phi) is 5.66. The summed E-state index contributed by atoms with van der Waals surface area (Å²) in [6, 6.07) is 14.6. The third-order valence-electron chi connectivity index (χ3n) is 5.79. The van der Waals surface area contributed by atoms with Crippen LogP contribution in [0, 0.1) is 10.1 Å². The number of nitro benzene ring substituents is 1. The summed E-state index contributed by atoms with van der Waals surface area (Å²) in [6.07, 6.45) is 1.08. The monoisotopic (exact) mass is 422 g/mol. The average Bonchev–Trinajstić information content (AvgIpc) is 3.08.